The molecule has 100 valence electrons. The van der Waals surface area contributed by atoms with Crippen molar-refractivity contribution in [2.45, 2.75) is 19.9 Å². The molecule has 0 aliphatic rings. The van der Waals surface area contributed by atoms with Gasteiger partial charge in [0.2, 0.25) is 0 Å². The minimum Gasteiger partial charge on any atom is -0.308 e. The summed E-state index contributed by atoms with van der Waals surface area (Å²) in [4.78, 5) is 4.52. The van der Waals surface area contributed by atoms with Crippen LogP contribution >= 0.6 is 31.9 Å². The fourth-order valence-electron chi connectivity index (χ4n) is 2.04. The van der Waals surface area contributed by atoms with E-state index in [2.05, 4.69) is 74.2 Å². The highest BCUT2D eigenvalue weighted by Crippen LogP contribution is 2.29. The van der Waals surface area contributed by atoms with Crippen molar-refractivity contribution in [3.63, 3.8) is 0 Å². The molecular formula is C15H16Br2N2. The molecule has 0 saturated heterocycles. The SMILES string of the molecule is CNC(c1ccc(C)c(C)c1)c1ncc(Br)cc1Br. The van der Waals surface area contributed by atoms with E-state index in [-0.39, 0.29) is 6.04 Å². The summed E-state index contributed by atoms with van der Waals surface area (Å²) in [5.74, 6) is 0. The van der Waals surface area contributed by atoms with Gasteiger partial charge >= 0.3 is 0 Å². The largest absolute Gasteiger partial charge is 0.308 e. The summed E-state index contributed by atoms with van der Waals surface area (Å²) in [6, 6.07) is 8.63. The molecule has 0 aliphatic heterocycles. The van der Waals surface area contributed by atoms with E-state index in [9.17, 15) is 0 Å². The van der Waals surface area contributed by atoms with Gasteiger partial charge in [-0.2, -0.15) is 0 Å². The molecular weight excluding hydrogens is 368 g/mol. The number of pyridine rings is 1. The highest BCUT2D eigenvalue weighted by Gasteiger charge is 2.17. The summed E-state index contributed by atoms with van der Waals surface area (Å²) in [6.45, 7) is 4.26. The molecule has 2 nitrogen and oxygen atoms in total. The number of halogens is 2. The Morgan fingerprint density at radius 3 is 2.42 bits per heavy atom. The first kappa shape index (κ1) is 14.7. The van der Waals surface area contributed by atoms with Crippen molar-refractivity contribution in [3.8, 4) is 0 Å². The van der Waals surface area contributed by atoms with Gasteiger partial charge in [0.15, 0.2) is 0 Å². The molecule has 2 rings (SSSR count). The zero-order chi connectivity index (χ0) is 14.0. The first-order chi connectivity index (χ1) is 9.02. The van der Waals surface area contributed by atoms with Gasteiger partial charge in [-0.3, -0.25) is 4.98 Å². The zero-order valence-electron chi connectivity index (χ0n) is 11.2. The van der Waals surface area contributed by atoms with Gasteiger partial charge in [-0.15, -0.1) is 0 Å². The number of nitrogens with one attached hydrogen (secondary N) is 1. The van der Waals surface area contributed by atoms with Gasteiger partial charge in [0, 0.05) is 15.1 Å². The maximum absolute atomic E-state index is 4.52. The number of hydrogen-bond donors (Lipinski definition) is 1. The van der Waals surface area contributed by atoms with Crippen molar-refractivity contribution in [3.05, 3.63) is 61.8 Å². The van der Waals surface area contributed by atoms with Crippen LogP contribution in [0.1, 0.15) is 28.4 Å². The van der Waals surface area contributed by atoms with Crippen LogP contribution in [0.15, 0.2) is 39.4 Å². The third kappa shape index (κ3) is 3.25. The van der Waals surface area contributed by atoms with E-state index >= 15 is 0 Å². The normalized spacial score (nSPS) is 12.5. The zero-order valence-corrected chi connectivity index (χ0v) is 14.3. The Morgan fingerprint density at radius 2 is 1.84 bits per heavy atom. The van der Waals surface area contributed by atoms with Crippen molar-refractivity contribution >= 4 is 31.9 Å². The summed E-state index contributed by atoms with van der Waals surface area (Å²) in [5, 5.41) is 3.33. The van der Waals surface area contributed by atoms with Crippen LogP contribution in [0.4, 0.5) is 0 Å². The summed E-state index contributed by atoms with van der Waals surface area (Å²) >= 11 is 7.02. The Morgan fingerprint density at radius 1 is 1.11 bits per heavy atom. The second kappa shape index (κ2) is 6.16. The van der Waals surface area contributed by atoms with Gasteiger partial charge in [-0.25, -0.2) is 0 Å². The summed E-state index contributed by atoms with van der Waals surface area (Å²) in [6.07, 6.45) is 1.82. The van der Waals surface area contributed by atoms with Crippen LogP contribution < -0.4 is 5.32 Å². The molecule has 4 heteroatoms. The van der Waals surface area contributed by atoms with Gasteiger partial charge in [0.1, 0.15) is 0 Å². The van der Waals surface area contributed by atoms with E-state index in [0.29, 0.717) is 0 Å². The molecule has 0 aliphatic carbocycles. The third-order valence-electron chi connectivity index (χ3n) is 3.26. The van der Waals surface area contributed by atoms with Crippen LogP contribution in [-0.4, -0.2) is 12.0 Å². The Labute approximate surface area is 130 Å². The van der Waals surface area contributed by atoms with Gasteiger partial charge in [-0.05, 0) is 75.5 Å². The van der Waals surface area contributed by atoms with Crippen molar-refractivity contribution in [1.29, 1.82) is 0 Å². The predicted molar refractivity (Wildman–Crippen MR) is 86.5 cm³/mol. The van der Waals surface area contributed by atoms with E-state index in [1.165, 1.54) is 16.7 Å². The molecule has 0 spiro atoms. The number of aromatic nitrogens is 1. The minimum atomic E-state index is 0.0850. The van der Waals surface area contributed by atoms with E-state index in [4.69, 9.17) is 0 Å². The van der Waals surface area contributed by atoms with E-state index in [0.717, 1.165) is 14.6 Å². The molecule has 1 N–H and O–H groups in total. The van der Waals surface area contributed by atoms with E-state index in [1.54, 1.807) is 0 Å². The molecule has 2 aromatic rings. The van der Waals surface area contributed by atoms with Crippen molar-refractivity contribution in [1.82, 2.24) is 10.3 Å². The molecule has 0 fully saturated rings. The van der Waals surface area contributed by atoms with Gasteiger partial charge in [0.25, 0.3) is 0 Å². The molecule has 0 radical (unpaired) electrons. The molecule has 19 heavy (non-hydrogen) atoms. The van der Waals surface area contributed by atoms with Crippen LogP contribution in [0.2, 0.25) is 0 Å². The number of hydrogen-bond acceptors (Lipinski definition) is 2. The maximum atomic E-state index is 4.52. The second-order valence-electron chi connectivity index (χ2n) is 4.59. The molecule has 1 aromatic carbocycles. The summed E-state index contributed by atoms with van der Waals surface area (Å²) < 4.78 is 1.97. The molecule has 1 atom stereocenters. The van der Waals surface area contributed by atoms with Crippen LogP contribution in [0, 0.1) is 13.8 Å². The monoisotopic (exact) mass is 382 g/mol. The van der Waals surface area contributed by atoms with Crippen LogP contribution in [0.25, 0.3) is 0 Å². The summed E-state index contributed by atoms with van der Waals surface area (Å²) in [7, 11) is 1.95. The lowest BCUT2D eigenvalue weighted by Crippen LogP contribution is -2.19. The first-order valence-electron chi connectivity index (χ1n) is 6.08. The Hall–Kier alpha value is -0.710. The summed E-state index contributed by atoms with van der Waals surface area (Å²) in [5.41, 5.74) is 4.82. The lowest BCUT2D eigenvalue weighted by atomic mass is 9.99. The smallest absolute Gasteiger partial charge is 0.0761 e. The molecule has 0 amide bonds. The van der Waals surface area contributed by atoms with Crippen LogP contribution in [0.3, 0.4) is 0 Å². The number of nitrogens with zero attached hydrogens (tertiary/aromatic N) is 1. The highest BCUT2D eigenvalue weighted by molar-refractivity contribution is 9.11. The Kier molecular flexibility index (Phi) is 4.76. The molecule has 1 unspecified atom stereocenters. The first-order valence-corrected chi connectivity index (χ1v) is 7.67. The average molecular weight is 384 g/mol. The van der Waals surface area contributed by atoms with Crippen molar-refractivity contribution in [2.24, 2.45) is 0 Å². The number of rotatable bonds is 3. The number of aryl methyl sites for hydroxylation is 2. The Balaban J connectivity index is 2.46. The topological polar surface area (TPSA) is 24.9 Å². The minimum absolute atomic E-state index is 0.0850. The predicted octanol–water partition coefficient (Wildman–Crippen LogP) is 4.53. The van der Waals surface area contributed by atoms with Crippen LogP contribution in [0.5, 0.6) is 0 Å². The maximum Gasteiger partial charge on any atom is 0.0761 e. The van der Waals surface area contributed by atoms with Gasteiger partial charge < -0.3 is 5.32 Å². The number of benzene rings is 1. The molecule has 1 aromatic heterocycles. The van der Waals surface area contributed by atoms with E-state index in [1.807, 2.05) is 19.3 Å². The fourth-order valence-corrected chi connectivity index (χ4v) is 3.26. The average Bonchev–Trinajstić information content (AvgIpc) is 2.37. The van der Waals surface area contributed by atoms with Crippen molar-refractivity contribution in [2.75, 3.05) is 7.05 Å². The lowest BCUT2D eigenvalue weighted by Gasteiger charge is -2.18. The van der Waals surface area contributed by atoms with Gasteiger partial charge in [-0.1, -0.05) is 18.2 Å². The van der Waals surface area contributed by atoms with E-state index < -0.39 is 0 Å². The lowest BCUT2D eigenvalue weighted by molar-refractivity contribution is 0.666. The molecule has 1 heterocycles. The fraction of sp³-hybridized carbons (Fsp3) is 0.267. The quantitative estimate of drug-likeness (QED) is 0.841. The molecule has 0 bridgehead atoms. The third-order valence-corrected chi connectivity index (χ3v) is 4.33. The van der Waals surface area contributed by atoms with Gasteiger partial charge in [0.05, 0.1) is 11.7 Å². The molecule has 0 saturated carbocycles. The van der Waals surface area contributed by atoms with Crippen molar-refractivity contribution < 1.29 is 0 Å². The Bertz CT molecular complexity index is 597. The van der Waals surface area contributed by atoms with Crippen LogP contribution in [-0.2, 0) is 0 Å². The standard InChI is InChI=1S/C15H16Br2N2/c1-9-4-5-11(6-10(9)2)14(18-3)15-13(17)7-12(16)8-19-15/h4-8,14,18H,1-3H3. The highest BCUT2D eigenvalue weighted by atomic mass is 79.9. The second-order valence-corrected chi connectivity index (χ2v) is 6.36.